The van der Waals surface area contributed by atoms with Crippen molar-refractivity contribution in [3.05, 3.63) is 45.1 Å². The van der Waals surface area contributed by atoms with E-state index in [1.54, 1.807) is 24.3 Å². The molecular weight excluding hydrogens is 246 g/mol. The lowest BCUT2D eigenvalue weighted by atomic mass is 10.2. The summed E-state index contributed by atoms with van der Waals surface area (Å²) in [4.78, 5) is 37.0. The van der Waals surface area contributed by atoms with Gasteiger partial charge in [0.2, 0.25) is 0 Å². The Hall–Kier alpha value is -2.08. The molecule has 0 aliphatic heterocycles. The summed E-state index contributed by atoms with van der Waals surface area (Å²) in [6.07, 6.45) is 0. The minimum Gasteiger partial charge on any atom is -0.305 e. The second-order valence-corrected chi connectivity index (χ2v) is 3.55. The van der Waals surface area contributed by atoms with Crippen LogP contribution in [0.1, 0.15) is 0 Å². The first kappa shape index (κ1) is 11.4. The van der Waals surface area contributed by atoms with E-state index in [1.165, 1.54) is 0 Å². The number of H-pyrrole nitrogens is 1. The van der Waals surface area contributed by atoms with Crippen LogP contribution in [-0.4, -0.2) is 21.4 Å². The molecule has 0 saturated heterocycles. The average molecular weight is 254 g/mol. The van der Waals surface area contributed by atoms with Crippen molar-refractivity contribution >= 4 is 28.4 Å². The van der Waals surface area contributed by atoms with E-state index in [1.807, 2.05) is 0 Å². The maximum Gasteiger partial charge on any atom is 0.348 e. The number of para-hydroxylation sites is 1. The molecule has 0 fully saturated rings. The minimum absolute atomic E-state index is 0.307. The Kier molecular flexibility index (Phi) is 2.97. The number of fused-ring (bicyclic) bond motifs is 1. The first-order chi connectivity index (χ1) is 8.13. The highest BCUT2D eigenvalue weighted by atomic mass is 35.5. The molecule has 17 heavy (non-hydrogen) atoms. The van der Waals surface area contributed by atoms with Crippen molar-refractivity contribution in [1.29, 1.82) is 0 Å². The van der Waals surface area contributed by atoms with Crippen LogP contribution in [0.5, 0.6) is 0 Å². The smallest absolute Gasteiger partial charge is 0.305 e. The molecule has 7 heteroatoms. The molecule has 0 atom stereocenters. The second-order valence-electron chi connectivity index (χ2n) is 3.28. The van der Waals surface area contributed by atoms with Gasteiger partial charge in [-0.2, -0.15) is 4.68 Å². The molecule has 1 amide bonds. The molecule has 0 radical (unpaired) electrons. The topological polar surface area (TPSA) is 84.0 Å². The highest BCUT2D eigenvalue weighted by Gasteiger charge is 2.08. The van der Waals surface area contributed by atoms with E-state index >= 15 is 0 Å². The van der Waals surface area contributed by atoms with E-state index in [-0.39, 0.29) is 5.88 Å². The Morgan fingerprint density at radius 3 is 2.76 bits per heavy atom. The van der Waals surface area contributed by atoms with Crippen LogP contribution in [0.15, 0.2) is 33.9 Å². The fraction of sp³-hybridized carbons (Fsp3) is 0.100. The van der Waals surface area contributed by atoms with Crippen LogP contribution >= 0.6 is 11.6 Å². The standard InChI is InChI=1S/C10H8ClN3O3/c11-5-8(15)13-14-9(16)6-3-1-2-4-7(6)12-10(14)17/h1-4H,5H2,(H,12,17)(H,13,15). The van der Waals surface area contributed by atoms with E-state index in [4.69, 9.17) is 11.6 Å². The number of hydrogen-bond acceptors (Lipinski definition) is 3. The molecule has 88 valence electrons. The van der Waals surface area contributed by atoms with Crippen molar-refractivity contribution in [1.82, 2.24) is 9.66 Å². The molecule has 2 aromatic rings. The molecule has 0 aliphatic rings. The Balaban J connectivity index is 2.68. The molecule has 0 bridgehead atoms. The summed E-state index contributed by atoms with van der Waals surface area (Å²) in [5, 5.41) is 0.307. The Bertz CT molecular complexity index is 689. The van der Waals surface area contributed by atoms with Gasteiger partial charge in [-0.15, -0.1) is 11.6 Å². The molecule has 0 unspecified atom stereocenters. The van der Waals surface area contributed by atoms with Gasteiger partial charge in [-0.3, -0.25) is 15.0 Å². The Morgan fingerprint density at radius 1 is 1.35 bits per heavy atom. The van der Waals surface area contributed by atoms with Gasteiger partial charge >= 0.3 is 5.69 Å². The average Bonchev–Trinajstić information content (AvgIpc) is 2.34. The Labute approximate surface area is 99.8 Å². The first-order valence-corrected chi connectivity index (χ1v) is 5.27. The molecule has 0 spiro atoms. The molecular formula is C10H8ClN3O3. The number of carbonyl (C=O) groups is 1. The van der Waals surface area contributed by atoms with Crippen LogP contribution in [0.4, 0.5) is 0 Å². The maximum atomic E-state index is 11.9. The molecule has 1 heterocycles. The van der Waals surface area contributed by atoms with Crippen LogP contribution in [0.25, 0.3) is 10.9 Å². The number of benzene rings is 1. The summed E-state index contributed by atoms with van der Waals surface area (Å²) in [6.45, 7) is 0. The lowest BCUT2D eigenvalue weighted by Gasteiger charge is -2.06. The van der Waals surface area contributed by atoms with Crippen LogP contribution < -0.4 is 16.7 Å². The van der Waals surface area contributed by atoms with Crippen LogP contribution in [0, 0.1) is 0 Å². The summed E-state index contributed by atoms with van der Waals surface area (Å²) in [6, 6.07) is 6.51. The van der Waals surface area contributed by atoms with Crippen LogP contribution in [-0.2, 0) is 4.79 Å². The third-order valence-corrected chi connectivity index (χ3v) is 2.41. The van der Waals surface area contributed by atoms with Crippen molar-refractivity contribution in [3.63, 3.8) is 0 Å². The predicted molar refractivity (Wildman–Crippen MR) is 63.9 cm³/mol. The zero-order chi connectivity index (χ0) is 12.4. The van der Waals surface area contributed by atoms with Crippen LogP contribution in [0.3, 0.4) is 0 Å². The lowest BCUT2D eigenvalue weighted by molar-refractivity contribution is -0.114. The highest BCUT2D eigenvalue weighted by Crippen LogP contribution is 2.02. The van der Waals surface area contributed by atoms with Gasteiger partial charge in [0.1, 0.15) is 5.88 Å². The fourth-order valence-corrected chi connectivity index (χ4v) is 1.48. The van der Waals surface area contributed by atoms with Gasteiger partial charge in [0.15, 0.2) is 0 Å². The third-order valence-electron chi connectivity index (χ3n) is 2.16. The van der Waals surface area contributed by atoms with Crippen molar-refractivity contribution in [2.45, 2.75) is 0 Å². The fourth-order valence-electron chi connectivity index (χ4n) is 1.42. The van der Waals surface area contributed by atoms with E-state index in [2.05, 4.69) is 10.4 Å². The number of halogens is 1. The maximum absolute atomic E-state index is 11.9. The third kappa shape index (κ3) is 2.07. The van der Waals surface area contributed by atoms with Gasteiger partial charge < -0.3 is 4.98 Å². The zero-order valence-corrected chi connectivity index (χ0v) is 9.32. The largest absolute Gasteiger partial charge is 0.348 e. The summed E-state index contributed by atoms with van der Waals surface area (Å²) in [7, 11) is 0. The number of aromatic amines is 1. The van der Waals surface area contributed by atoms with Crippen molar-refractivity contribution < 1.29 is 4.79 Å². The monoisotopic (exact) mass is 253 g/mol. The lowest BCUT2D eigenvalue weighted by Crippen LogP contribution is -2.43. The van der Waals surface area contributed by atoms with Crippen molar-refractivity contribution in [3.8, 4) is 0 Å². The number of amides is 1. The number of hydrogen-bond donors (Lipinski definition) is 2. The van der Waals surface area contributed by atoms with Gasteiger partial charge in [-0.05, 0) is 12.1 Å². The predicted octanol–water partition coefficient (Wildman–Crippen LogP) is -0.00130. The number of nitrogens with one attached hydrogen (secondary N) is 2. The van der Waals surface area contributed by atoms with Crippen LogP contribution in [0.2, 0.25) is 0 Å². The molecule has 1 aromatic heterocycles. The van der Waals surface area contributed by atoms with E-state index in [9.17, 15) is 14.4 Å². The molecule has 6 nitrogen and oxygen atoms in total. The van der Waals surface area contributed by atoms with Gasteiger partial charge in [0, 0.05) is 0 Å². The zero-order valence-electron chi connectivity index (χ0n) is 8.57. The van der Waals surface area contributed by atoms with Crippen molar-refractivity contribution in [2.24, 2.45) is 0 Å². The number of nitrogens with zero attached hydrogens (tertiary/aromatic N) is 1. The normalized spacial score (nSPS) is 10.4. The molecule has 2 N–H and O–H groups in total. The second kappa shape index (κ2) is 4.42. The number of aromatic nitrogens is 2. The summed E-state index contributed by atoms with van der Waals surface area (Å²) in [5.74, 6) is -0.965. The highest BCUT2D eigenvalue weighted by molar-refractivity contribution is 6.28. The summed E-state index contributed by atoms with van der Waals surface area (Å²) >= 11 is 5.29. The minimum atomic E-state index is -0.716. The molecule has 2 rings (SSSR count). The molecule has 0 aliphatic carbocycles. The van der Waals surface area contributed by atoms with E-state index < -0.39 is 17.2 Å². The van der Waals surface area contributed by atoms with Gasteiger partial charge in [0.05, 0.1) is 10.9 Å². The quantitative estimate of drug-likeness (QED) is 0.739. The van der Waals surface area contributed by atoms with Crippen molar-refractivity contribution in [2.75, 3.05) is 11.3 Å². The first-order valence-electron chi connectivity index (χ1n) is 4.73. The summed E-state index contributed by atoms with van der Waals surface area (Å²) < 4.78 is 0.604. The van der Waals surface area contributed by atoms with Gasteiger partial charge in [-0.1, -0.05) is 12.1 Å². The molecule has 1 aromatic carbocycles. The van der Waals surface area contributed by atoms with E-state index in [0.29, 0.717) is 15.6 Å². The van der Waals surface area contributed by atoms with Gasteiger partial charge in [0.25, 0.3) is 11.5 Å². The Morgan fingerprint density at radius 2 is 2.06 bits per heavy atom. The number of carbonyl (C=O) groups excluding carboxylic acids is 1. The molecule has 0 saturated carbocycles. The SMILES string of the molecule is O=C(CCl)Nn1c(=O)[nH]c2ccccc2c1=O. The number of rotatable bonds is 2. The van der Waals surface area contributed by atoms with E-state index in [0.717, 1.165) is 0 Å². The number of alkyl halides is 1. The van der Waals surface area contributed by atoms with Gasteiger partial charge in [-0.25, -0.2) is 4.79 Å². The summed E-state index contributed by atoms with van der Waals surface area (Å²) in [5.41, 5.74) is 1.22.